The zero-order valence-corrected chi connectivity index (χ0v) is 28.4. The second-order valence-electron chi connectivity index (χ2n) is 12.7. The largest absolute Gasteiger partial charge is 0.455 e. The first-order valence-electron chi connectivity index (χ1n) is 17.0. The van der Waals surface area contributed by atoms with Crippen LogP contribution < -0.4 is 0 Å². The van der Waals surface area contributed by atoms with E-state index in [0.717, 1.165) is 55.3 Å². The van der Waals surface area contributed by atoms with Gasteiger partial charge in [0.25, 0.3) is 0 Å². The van der Waals surface area contributed by atoms with Gasteiger partial charge in [-0.1, -0.05) is 115 Å². The van der Waals surface area contributed by atoms with Gasteiger partial charge in [-0.05, 0) is 64.7 Å². The number of furan rings is 1. The highest BCUT2D eigenvalue weighted by Crippen LogP contribution is 2.42. The predicted molar refractivity (Wildman–Crippen MR) is 212 cm³/mol. The van der Waals surface area contributed by atoms with Crippen LogP contribution in [0.2, 0.25) is 0 Å². The summed E-state index contributed by atoms with van der Waals surface area (Å²) < 4.78 is 9.16. The van der Waals surface area contributed by atoms with Crippen LogP contribution in [0.15, 0.2) is 162 Å². The summed E-state index contributed by atoms with van der Waals surface area (Å²) in [6.07, 6.45) is 0. The van der Waals surface area contributed by atoms with Gasteiger partial charge in [-0.3, -0.25) is 0 Å². The summed E-state index contributed by atoms with van der Waals surface area (Å²) in [6, 6.07) is 55.7. The molecule has 0 radical (unpaired) electrons. The summed E-state index contributed by atoms with van der Waals surface area (Å²) in [5, 5.41) is 14.6. The van der Waals surface area contributed by atoms with E-state index < -0.39 is 0 Å². The van der Waals surface area contributed by atoms with E-state index in [2.05, 4.69) is 78.9 Å². The number of aromatic nitrogens is 3. The van der Waals surface area contributed by atoms with Crippen molar-refractivity contribution in [1.82, 2.24) is 15.0 Å². The van der Waals surface area contributed by atoms with Crippen LogP contribution in [0, 0.1) is 11.3 Å². The van der Waals surface area contributed by atoms with E-state index in [9.17, 15) is 5.26 Å². The van der Waals surface area contributed by atoms with Crippen LogP contribution in [-0.2, 0) is 0 Å². The molecule has 0 aliphatic carbocycles. The minimum Gasteiger partial charge on any atom is -0.455 e. The fourth-order valence-corrected chi connectivity index (χ4v) is 8.31. The highest BCUT2D eigenvalue weighted by Gasteiger charge is 2.19. The van der Waals surface area contributed by atoms with Gasteiger partial charge in [-0.2, -0.15) is 5.26 Å². The highest BCUT2D eigenvalue weighted by molar-refractivity contribution is 7.26. The fraction of sp³-hybridized carbons (Fsp3) is 0. The van der Waals surface area contributed by atoms with Crippen molar-refractivity contribution in [3.8, 4) is 62.5 Å². The zero-order valence-electron chi connectivity index (χ0n) is 27.6. The smallest absolute Gasteiger partial charge is 0.167 e. The summed E-state index contributed by atoms with van der Waals surface area (Å²) in [7, 11) is 0. The van der Waals surface area contributed by atoms with Crippen molar-refractivity contribution in [2.24, 2.45) is 0 Å². The number of hydrogen-bond donors (Lipinski definition) is 0. The monoisotopic (exact) mass is 682 g/mol. The Labute approximate surface area is 302 Å². The van der Waals surface area contributed by atoms with Crippen LogP contribution in [0.4, 0.5) is 0 Å². The number of thiophene rings is 1. The number of nitriles is 1. The lowest BCUT2D eigenvalue weighted by Crippen LogP contribution is -2.00. The molecule has 3 aromatic heterocycles. The molecule has 6 heteroatoms. The maximum absolute atomic E-state index is 10.1. The molecule has 7 aromatic carbocycles. The third-order valence-corrected chi connectivity index (χ3v) is 10.8. The molecule has 0 unspecified atom stereocenters. The first-order valence-corrected chi connectivity index (χ1v) is 17.8. The topological polar surface area (TPSA) is 75.6 Å². The molecule has 10 rings (SSSR count). The summed E-state index contributed by atoms with van der Waals surface area (Å²) in [5.41, 5.74) is 8.72. The van der Waals surface area contributed by atoms with E-state index in [4.69, 9.17) is 19.4 Å². The molecule has 10 aromatic rings. The molecule has 242 valence electrons. The lowest BCUT2D eigenvalue weighted by Gasteiger charge is -2.09. The Hall–Kier alpha value is -6.94. The standard InChI is InChI=1S/C46H26N4OS/c47-27-28-23-32(25-33(24-28)34-16-9-18-38-36-15-7-8-20-41(36)52-43(34)38)31-21-22-35-37-17-10-19-39(42(37)51-40(35)26-31)46-49-44(29-11-3-1-4-12-29)48-45(50-46)30-13-5-2-6-14-30/h1-26H. The highest BCUT2D eigenvalue weighted by atomic mass is 32.1. The number of hydrogen-bond acceptors (Lipinski definition) is 6. The van der Waals surface area contributed by atoms with Crippen LogP contribution in [0.3, 0.4) is 0 Å². The molecule has 0 saturated carbocycles. The molecule has 52 heavy (non-hydrogen) atoms. The number of nitrogens with zero attached hydrogens (tertiary/aromatic N) is 4. The average Bonchev–Trinajstić information content (AvgIpc) is 3.79. The second kappa shape index (κ2) is 12.1. The van der Waals surface area contributed by atoms with Crippen LogP contribution in [0.5, 0.6) is 0 Å². The van der Waals surface area contributed by atoms with Crippen molar-refractivity contribution >= 4 is 53.4 Å². The fourth-order valence-electron chi connectivity index (χ4n) is 7.07. The molecule has 0 N–H and O–H groups in total. The van der Waals surface area contributed by atoms with Crippen LogP contribution in [0.1, 0.15) is 5.56 Å². The van der Waals surface area contributed by atoms with Gasteiger partial charge in [0, 0.05) is 42.1 Å². The van der Waals surface area contributed by atoms with Crippen molar-refractivity contribution in [1.29, 1.82) is 5.26 Å². The van der Waals surface area contributed by atoms with Gasteiger partial charge in [-0.15, -0.1) is 11.3 Å². The minimum atomic E-state index is 0.541. The normalized spacial score (nSPS) is 11.4. The number of benzene rings is 7. The Bertz CT molecular complexity index is 2970. The van der Waals surface area contributed by atoms with Crippen LogP contribution >= 0.6 is 11.3 Å². The molecule has 5 nitrogen and oxygen atoms in total. The van der Waals surface area contributed by atoms with Gasteiger partial charge >= 0.3 is 0 Å². The van der Waals surface area contributed by atoms with Crippen molar-refractivity contribution in [3.05, 3.63) is 163 Å². The summed E-state index contributed by atoms with van der Waals surface area (Å²) in [4.78, 5) is 14.8. The molecular formula is C46H26N4OS. The van der Waals surface area contributed by atoms with E-state index in [1.807, 2.05) is 84.9 Å². The van der Waals surface area contributed by atoms with E-state index in [0.29, 0.717) is 28.6 Å². The zero-order chi connectivity index (χ0) is 34.6. The maximum Gasteiger partial charge on any atom is 0.167 e. The van der Waals surface area contributed by atoms with Crippen LogP contribution in [0.25, 0.3) is 98.5 Å². The van der Waals surface area contributed by atoms with E-state index in [1.54, 1.807) is 11.3 Å². The lowest BCUT2D eigenvalue weighted by molar-refractivity contribution is 0.669. The van der Waals surface area contributed by atoms with Gasteiger partial charge in [-0.25, -0.2) is 15.0 Å². The van der Waals surface area contributed by atoms with E-state index in [1.165, 1.54) is 20.2 Å². The molecular weight excluding hydrogens is 657 g/mol. The number of para-hydroxylation sites is 1. The molecule has 0 atom stereocenters. The minimum absolute atomic E-state index is 0.541. The first kappa shape index (κ1) is 29.9. The number of fused-ring (bicyclic) bond motifs is 6. The van der Waals surface area contributed by atoms with Gasteiger partial charge in [0.1, 0.15) is 11.2 Å². The Balaban J connectivity index is 1.11. The van der Waals surface area contributed by atoms with E-state index >= 15 is 0 Å². The van der Waals surface area contributed by atoms with Crippen molar-refractivity contribution in [2.45, 2.75) is 0 Å². The Morgan fingerprint density at radius 1 is 0.462 bits per heavy atom. The Kier molecular flexibility index (Phi) is 6.98. The average molecular weight is 683 g/mol. The van der Waals surface area contributed by atoms with Crippen LogP contribution in [-0.4, -0.2) is 15.0 Å². The summed E-state index contributed by atoms with van der Waals surface area (Å²) >= 11 is 1.79. The van der Waals surface area contributed by atoms with Crippen molar-refractivity contribution < 1.29 is 4.42 Å². The van der Waals surface area contributed by atoms with Gasteiger partial charge in [0.2, 0.25) is 0 Å². The van der Waals surface area contributed by atoms with Crippen molar-refractivity contribution in [3.63, 3.8) is 0 Å². The summed E-state index contributed by atoms with van der Waals surface area (Å²) in [5.74, 6) is 1.73. The van der Waals surface area contributed by atoms with Crippen molar-refractivity contribution in [2.75, 3.05) is 0 Å². The molecule has 0 fully saturated rings. The maximum atomic E-state index is 10.1. The third-order valence-electron chi connectivity index (χ3n) is 9.55. The summed E-state index contributed by atoms with van der Waals surface area (Å²) in [6.45, 7) is 0. The molecule has 0 spiro atoms. The lowest BCUT2D eigenvalue weighted by atomic mass is 9.95. The molecule has 0 aliphatic heterocycles. The quantitative estimate of drug-likeness (QED) is 0.181. The molecule has 0 amide bonds. The SMILES string of the molecule is N#Cc1cc(-c2ccc3c(c2)oc2c(-c4nc(-c5ccccc5)nc(-c5ccccc5)n4)cccc23)cc(-c2cccc3c2sc2ccccc23)c1. The Morgan fingerprint density at radius 3 is 1.85 bits per heavy atom. The number of rotatable bonds is 5. The molecule has 0 bridgehead atoms. The molecule has 0 aliphatic rings. The van der Waals surface area contributed by atoms with Gasteiger partial charge in [0.05, 0.1) is 17.2 Å². The Morgan fingerprint density at radius 2 is 1.10 bits per heavy atom. The predicted octanol–water partition coefficient (Wildman–Crippen LogP) is 12.3. The van der Waals surface area contributed by atoms with E-state index in [-0.39, 0.29) is 0 Å². The third kappa shape index (κ3) is 5.03. The molecule has 0 saturated heterocycles. The van der Waals surface area contributed by atoms with Gasteiger partial charge in [0.15, 0.2) is 17.5 Å². The molecule has 3 heterocycles. The first-order chi connectivity index (χ1) is 25.7. The van der Waals surface area contributed by atoms with Gasteiger partial charge < -0.3 is 4.42 Å². The second-order valence-corrected chi connectivity index (χ2v) is 13.8.